The summed E-state index contributed by atoms with van der Waals surface area (Å²) in [6.07, 6.45) is -3.13. The summed E-state index contributed by atoms with van der Waals surface area (Å²) in [5.41, 5.74) is 1.23. The molecule has 11 nitrogen and oxygen atoms in total. The van der Waals surface area contributed by atoms with Crippen molar-refractivity contribution in [3.8, 4) is 0 Å². The fourth-order valence-electron chi connectivity index (χ4n) is 4.66. The number of likely N-dealkylation sites (tertiary alicyclic amines) is 1. The topological polar surface area (TPSA) is 169 Å². The monoisotopic (exact) mass is 508 g/mol. The number of methoxy groups -OCH3 is 1. The third kappa shape index (κ3) is 6.48. The van der Waals surface area contributed by atoms with Crippen molar-refractivity contribution in [3.05, 3.63) is 42.0 Å². The molecule has 3 rings (SSSR count). The first kappa shape index (κ1) is 28.2. The van der Waals surface area contributed by atoms with E-state index in [2.05, 4.69) is 5.32 Å². The summed E-state index contributed by atoms with van der Waals surface area (Å²) in [7, 11) is 1.58. The summed E-state index contributed by atoms with van der Waals surface area (Å²) in [6, 6.07) is 6.71. The van der Waals surface area contributed by atoms with Crippen molar-refractivity contribution in [1.29, 1.82) is 0 Å². The van der Waals surface area contributed by atoms with Crippen molar-refractivity contribution in [3.63, 3.8) is 0 Å². The molecule has 2 amide bonds. The van der Waals surface area contributed by atoms with E-state index in [0.717, 1.165) is 18.4 Å². The molecule has 200 valence electrons. The second-order valence-electron chi connectivity index (χ2n) is 9.24. The minimum atomic E-state index is -1.81. The van der Waals surface area contributed by atoms with Gasteiger partial charge in [0.15, 0.2) is 12.4 Å². The second kappa shape index (κ2) is 12.7. The van der Waals surface area contributed by atoms with Gasteiger partial charge in [-0.15, -0.1) is 0 Å². The molecule has 0 radical (unpaired) electrons. The number of hydrogen-bond acceptors (Lipinski definition) is 9. The Morgan fingerprint density at radius 3 is 2.50 bits per heavy atom. The zero-order valence-corrected chi connectivity index (χ0v) is 20.4. The standard InChI is InChI=1S/C25H36N2O9/c1-14(5-3-7-18(29)27-12-4-6-17(27)13-28)22(35-2)15-8-10-16(11-9-15)26-24(33)23-20(31)19(30)21(32)25(34)36-23/h3,5,8-11,14,17,19-23,25,28,30-32,34H,4,6-7,12-13H2,1-2H3,(H,26,33)/b5-3+/t14-,17+,19+,20+,21-,22+,23+,25-/m1/s1. The Balaban J connectivity index is 1.56. The molecule has 36 heavy (non-hydrogen) atoms. The van der Waals surface area contributed by atoms with E-state index in [9.17, 15) is 35.1 Å². The number of carbonyl (C=O) groups excluding carboxylic acids is 2. The van der Waals surface area contributed by atoms with Crippen LogP contribution in [0.1, 0.15) is 37.9 Å². The fraction of sp³-hybridized carbons (Fsp3) is 0.600. The number of nitrogens with one attached hydrogen (secondary N) is 1. The lowest BCUT2D eigenvalue weighted by Gasteiger charge is -2.37. The molecular weight excluding hydrogens is 472 g/mol. The van der Waals surface area contributed by atoms with Gasteiger partial charge in [0.2, 0.25) is 5.91 Å². The largest absolute Gasteiger partial charge is 0.394 e. The fourth-order valence-corrected chi connectivity index (χ4v) is 4.66. The van der Waals surface area contributed by atoms with Crippen LogP contribution in [0, 0.1) is 5.92 Å². The zero-order chi connectivity index (χ0) is 26.4. The van der Waals surface area contributed by atoms with E-state index in [-0.39, 0.29) is 37.0 Å². The van der Waals surface area contributed by atoms with Crippen molar-refractivity contribution in [2.24, 2.45) is 5.92 Å². The van der Waals surface area contributed by atoms with Crippen LogP contribution in [-0.2, 0) is 19.1 Å². The van der Waals surface area contributed by atoms with Crippen molar-refractivity contribution in [1.82, 2.24) is 4.90 Å². The number of amides is 2. The average molecular weight is 509 g/mol. The summed E-state index contributed by atoms with van der Waals surface area (Å²) < 4.78 is 10.6. The summed E-state index contributed by atoms with van der Waals surface area (Å²) in [4.78, 5) is 26.7. The van der Waals surface area contributed by atoms with Gasteiger partial charge in [-0.25, -0.2) is 0 Å². The van der Waals surface area contributed by atoms with Crippen molar-refractivity contribution in [2.75, 3.05) is 25.6 Å². The summed E-state index contributed by atoms with van der Waals surface area (Å²) in [5, 5.41) is 50.9. The normalized spacial score (nSPS) is 30.4. The van der Waals surface area contributed by atoms with Crippen LogP contribution < -0.4 is 5.32 Å². The molecule has 0 bridgehead atoms. The molecule has 2 fully saturated rings. The number of anilines is 1. The highest BCUT2D eigenvalue weighted by molar-refractivity contribution is 5.94. The molecule has 0 spiro atoms. The Morgan fingerprint density at radius 2 is 1.86 bits per heavy atom. The highest BCUT2D eigenvalue weighted by Gasteiger charge is 2.46. The Bertz CT molecular complexity index is 909. The van der Waals surface area contributed by atoms with E-state index >= 15 is 0 Å². The number of aliphatic hydroxyl groups excluding tert-OH is 5. The number of nitrogens with zero attached hydrogens (tertiary/aromatic N) is 1. The van der Waals surface area contributed by atoms with Gasteiger partial charge >= 0.3 is 0 Å². The van der Waals surface area contributed by atoms with Crippen molar-refractivity contribution >= 4 is 17.5 Å². The van der Waals surface area contributed by atoms with E-state index in [0.29, 0.717) is 12.2 Å². The molecule has 1 aromatic rings. The number of benzene rings is 1. The first-order valence-corrected chi connectivity index (χ1v) is 12.1. The molecule has 0 saturated carbocycles. The number of ether oxygens (including phenoxy) is 2. The van der Waals surface area contributed by atoms with Gasteiger partial charge in [-0.2, -0.15) is 0 Å². The smallest absolute Gasteiger partial charge is 0.256 e. The van der Waals surface area contributed by atoms with Crippen LogP contribution in [0.2, 0.25) is 0 Å². The first-order valence-electron chi connectivity index (χ1n) is 12.1. The predicted molar refractivity (Wildman–Crippen MR) is 128 cm³/mol. The Morgan fingerprint density at radius 1 is 1.17 bits per heavy atom. The number of carbonyl (C=O) groups is 2. The van der Waals surface area contributed by atoms with E-state index < -0.39 is 36.6 Å². The van der Waals surface area contributed by atoms with E-state index in [4.69, 9.17) is 9.47 Å². The summed E-state index contributed by atoms with van der Waals surface area (Å²) in [6.45, 7) is 2.62. The molecular formula is C25H36N2O9. The third-order valence-corrected chi connectivity index (χ3v) is 6.73. The maximum absolute atomic E-state index is 12.5. The highest BCUT2D eigenvalue weighted by Crippen LogP contribution is 2.28. The van der Waals surface area contributed by atoms with Gasteiger partial charge in [0.05, 0.1) is 18.8 Å². The van der Waals surface area contributed by atoms with Crippen LogP contribution in [-0.4, -0.2) is 99.3 Å². The van der Waals surface area contributed by atoms with Crippen LogP contribution in [0.15, 0.2) is 36.4 Å². The Hall–Kier alpha value is -2.38. The lowest BCUT2D eigenvalue weighted by molar-refractivity contribution is -0.274. The van der Waals surface area contributed by atoms with Gasteiger partial charge in [0, 0.05) is 31.7 Å². The van der Waals surface area contributed by atoms with Crippen LogP contribution in [0.3, 0.4) is 0 Å². The van der Waals surface area contributed by atoms with Crippen LogP contribution >= 0.6 is 0 Å². The predicted octanol–water partition coefficient (Wildman–Crippen LogP) is -0.322. The Kier molecular flexibility index (Phi) is 9.97. The van der Waals surface area contributed by atoms with Gasteiger partial charge in [-0.3, -0.25) is 9.59 Å². The van der Waals surface area contributed by atoms with Gasteiger partial charge in [-0.05, 0) is 30.5 Å². The molecule has 2 aliphatic rings. The lowest BCUT2D eigenvalue weighted by Crippen LogP contribution is -2.60. The number of hydrogen-bond donors (Lipinski definition) is 6. The molecule has 6 N–H and O–H groups in total. The zero-order valence-electron chi connectivity index (χ0n) is 20.4. The first-order chi connectivity index (χ1) is 17.2. The molecule has 0 aliphatic carbocycles. The van der Waals surface area contributed by atoms with E-state index in [1.54, 1.807) is 36.3 Å². The minimum Gasteiger partial charge on any atom is -0.394 e. The van der Waals surface area contributed by atoms with Gasteiger partial charge in [0.1, 0.15) is 18.3 Å². The third-order valence-electron chi connectivity index (χ3n) is 6.73. The molecule has 0 aromatic heterocycles. The highest BCUT2D eigenvalue weighted by atomic mass is 16.6. The maximum atomic E-state index is 12.5. The molecule has 2 aliphatic heterocycles. The minimum absolute atomic E-state index is 0.00864. The van der Waals surface area contributed by atoms with Crippen LogP contribution in [0.5, 0.6) is 0 Å². The van der Waals surface area contributed by atoms with Gasteiger partial charge < -0.3 is 45.2 Å². The molecule has 2 saturated heterocycles. The average Bonchev–Trinajstić information content (AvgIpc) is 3.35. The molecule has 0 unspecified atom stereocenters. The quantitative estimate of drug-likeness (QED) is 0.245. The maximum Gasteiger partial charge on any atom is 0.256 e. The molecule has 8 atom stereocenters. The lowest BCUT2D eigenvalue weighted by atomic mass is 9.96. The van der Waals surface area contributed by atoms with Gasteiger partial charge in [-0.1, -0.05) is 31.2 Å². The SMILES string of the molecule is CO[C@H](c1ccc(NC(=O)[C@H]2O[C@@H](O)[C@H](O)[C@@H](O)[C@@H]2O)cc1)[C@H](C)/C=C/CC(=O)N1CCC[C@H]1CO. The van der Waals surface area contributed by atoms with Gasteiger partial charge in [0.25, 0.3) is 5.91 Å². The van der Waals surface area contributed by atoms with Crippen LogP contribution in [0.25, 0.3) is 0 Å². The molecule has 1 aromatic carbocycles. The summed E-state index contributed by atoms with van der Waals surface area (Å²) in [5.74, 6) is -0.854. The number of rotatable bonds is 9. The molecule has 11 heteroatoms. The summed E-state index contributed by atoms with van der Waals surface area (Å²) >= 11 is 0. The Labute approximate surface area is 209 Å². The number of aliphatic hydroxyl groups is 5. The molecule has 2 heterocycles. The van der Waals surface area contributed by atoms with Crippen molar-refractivity contribution in [2.45, 2.75) is 69.0 Å². The van der Waals surface area contributed by atoms with E-state index in [1.807, 2.05) is 19.1 Å². The van der Waals surface area contributed by atoms with Crippen molar-refractivity contribution < 1.29 is 44.6 Å². The van der Waals surface area contributed by atoms with E-state index in [1.165, 1.54) is 0 Å². The van der Waals surface area contributed by atoms with Crippen LogP contribution in [0.4, 0.5) is 5.69 Å². The second-order valence-corrected chi connectivity index (χ2v) is 9.24.